The van der Waals surface area contributed by atoms with Gasteiger partial charge in [0.1, 0.15) is 23.0 Å². The first kappa shape index (κ1) is 21.4. The fourth-order valence-corrected chi connectivity index (χ4v) is 2.42. The second kappa shape index (κ2) is 8.88. The third-order valence-electron chi connectivity index (χ3n) is 3.53. The number of hydrogen-bond acceptors (Lipinski definition) is 4. The molecule has 150 valence electrons. The second-order valence-electron chi connectivity index (χ2n) is 5.57. The quantitative estimate of drug-likeness (QED) is 0.474. The molecule has 9 heteroatoms. The Morgan fingerprint density at radius 1 is 1.14 bits per heavy atom. The molecule has 2 aromatic rings. The van der Waals surface area contributed by atoms with Crippen LogP contribution in [-0.2, 0) is 15.7 Å². The van der Waals surface area contributed by atoms with Crippen molar-refractivity contribution in [3.05, 3.63) is 64.9 Å². The van der Waals surface area contributed by atoms with Crippen molar-refractivity contribution >= 4 is 17.6 Å². The summed E-state index contributed by atoms with van der Waals surface area (Å²) < 4.78 is 54.1. The Balaban J connectivity index is 2.08. The molecule has 0 aliphatic rings. The first-order valence-corrected chi connectivity index (χ1v) is 8.27. The lowest BCUT2D eigenvalue weighted by molar-refractivity contribution is -0.137. The predicted molar refractivity (Wildman–Crippen MR) is 95.8 cm³/mol. The number of carbonyl (C=O) groups is 1. The summed E-state index contributed by atoms with van der Waals surface area (Å²) in [6.45, 7) is 1.62. The van der Waals surface area contributed by atoms with E-state index in [1.807, 2.05) is 0 Å². The van der Waals surface area contributed by atoms with E-state index < -0.39 is 23.8 Å². The van der Waals surface area contributed by atoms with Gasteiger partial charge in [0.25, 0.3) is 0 Å². The van der Waals surface area contributed by atoms with Crippen molar-refractivity contribution < 1.29 is 37.3 Å². The molecule has 0 heterocycles. The third kappa shape index (κ3) is 5.82. The number of carboxylic acid groups (broad SMARTS) is 1. The van der Waals surface area contributed by atoms with E-state index in [2.05, 4.69) is 0 Å². The molecule has 0 saturated heterocycles. The summed E-state index contributed by atoms with van der Waals surface area (Å²) in [5.74, 6) is -0.224. The summed E-state index contributed by atoms with van der Waals surface area (Å²) >= 11 is 5.86. The number of carboxylic acids is 1. The number of ether oxygens (including phenoxy) is 3. The van der Waals surface area contributed by atoms with E-state index in [9.17, 15) is 18.0 Å². The lowest BCUT2D eigenvalue weighted by atomic mass is 10.2. The number of alkyl halides is 3. The summed E-state index contributed by atoms with van der Waals surface area (Å²) in [6.07, 6.45) is -4.25. The van der Waals surface area contributed by atoms with E-state index >= 15 is 0 Å². The standard InChI is InChI=1S/C19H16ClF3O5/c1-11(17(26-2)10-18(24)25)27-13-4-6-14(7-5-13)28-16-8-3-12(9-15(16)20)19(21,22)23/h3-11H,1-2H3,(H,24,25)/b17-10-. The predicted octanol–water partition coefficient (Wildman–Crippen LogP) is 5.53. The van der Waals surface area contributed by atoms with Gasteiger partial charge in [-0.25, -0.2) is 4.79 Å². The Morgan fingerprint density at radius 3 is 2.25 bits per heavy atom. The fraction of sp³-hybridized carbons (Fsp3) is 0.211. The van der Waals surface area contributed by atoms with Gasteiger partial charge in [0.05, 0.1) is 23.8 Å². The van der Waals surface area contributed by atoms with E-state index in [1.165, 1.54) is 19.2 Å². The van der Waals surface area contributed by atoms with Gasteiger partial charge >= 0.3 is 12.1 Å². The minimum atomic E-state index is -4.49. The molecular formula is C19H16ClF3O5. The van der Waals surface area contributed by atoms with Crippen molar-refractivity contribution in [3.8, 4) is 17.2 Å². The Hall–Kier alpha value is -2.87. The Kier molecular flexibility index (Phi) is 6.80. The molecule has 0 spiro atoms. The summed E-state index contributed by atoms with van der Waals surface area (Å²) in [4.78, 5) is 10.7. The Labute approximate surface area is 163 Å². The van der Waals surface area contributed by atoms with Crippen molar-refractivity contribution in [1.82, 2.24) is 0 Å². The van der Waals surface area contributed by atoms with Gasteiger partial charge in [0.2, 0.25) is 0 Å². The summed E-state index contributed by atoms with van der Waals surface area (Å²) in [6, 6.07) is 8.97. The number of rotatable bonds is 7. The highest BCUT2D eigenvalue weighted by atomic mass is 35.5. The van der Waals surface area contributed by atoms with Gasteiger partial charge in [-0.1, -0.05) is 11.6 Å². The molecular weight excluding hydrogens is 401 g/mol. The molecule has 1 atom stereocenters. The minimum Gasteiger partial charge on any atom is -0.497 e. The summed E-state index contributed by atoms with van der Waals surface area (Å²) in [5.41, 5.74) is -0.869. The molecule has 28 heavy (non-hydrogen) atoms. The number of hydrogen-bond donors (Lipinski definition) is 1. The molecule has 0 radical (unpaired) electrons. The third-order valence-corrected chi connectivity index (χ3v) is 3.82. The van der Waals surface area contributed by atoms with Crippen LogP contribution in [0.5, 0.6) is 17.2 Å². The molecule has 0 aromatic heterocycles. The zero-order valence-corrected chi connectivity index (χ0v) is 15.5. The monoisotopic (exact) mass is 416 g/mol. The number of methoxy groups -OCH3 is 1. The smallest absolute Gasteiger partial charge is 0.416 e. The van der Waals surface area contributed by atoms with Crippen LogP contribution in [-0.4, -0.2) is 24.3 Å². The molecule has 0 saturated carbocycles. The van der Waals surface area contributed by atoms with Gasteiger partial charge in [0.15, 0.2) is 6.10 Å². The largest absolute Gasteiger partial charge is 0.497 e. The van der Waals surface area contributed by atoms with Gasteiger partial charge in [-0.15, -0.1) is 0 Å². The Morgan fingerprint density at radius 2 is 1.75 bits per heavy atom. The highest BCUT2D eigenvalue weighted by molar-refractivity contribution is 6.32. The normalized spacial score (nSPS) is 13.0. The van der Waals surface area contributed by atoms with Crippen molar-refractivity contribution in [3.63, 3.8) is 0 Å². The molecule has 1 N–H and O–H groups in total. The molecule has 0 aliphatic heterocycles. The van der Waals surface area contributed by atoms with Crippen LogP contribution in [0.4, 0.5) is 13.2 Å². The SMILES string of the molecule is CO/C(=C\C(=O)O)C(C)Oc1ccc(Oc2ccc(C(F)(F)F)cc2Cl)cc1. The van der Waals surface area contributed by atoms with Gasteiger partial charge in [-0.3, -0.25) is 0 Å². The van der Waals surface area contributed by atoms with E-state index in [1.54, 1.807) is 19.1 Å². The van der Waals surface area contributed by atoms with Gasteiger partial charge in [0, 0.05) is 0 Å². The molecule has 2 rings (SSSR count). The molecule has 0 bridgehead atoms. The highest BCUT2D eigenvalue weighted by Gasteiger charge is 2.31. The molecule has 0 aliphatic carbocycles. The van der Waals surface area contributed by atoms with Crippen LogP contribution >= 0.6 is 11.6 Å². The zero-order valence-electron chi connectivity index (χ0n) is 14.8. The maximum atomic E-state index is 12.7. The van der Waals surface area contributed by atoms with E-state index in [4.69, 9.17) is 30.9 Å². The summed E-state index contributed by atoms with van der Waals surface area (Å²) in [5, 5.41) is 8.62. The van der Waals surface area contributed by atoms with Gasteiger partial charge in [-0.05, 0) is 49.4 Å². The average molecular weight is 417 g/mol. The second-order valence-corrected chi connectivity index (χ2v) is 5.97. The van der Waals surface area contributed by atoms with Crippen LogP contribution in [0.25, 0.3) is 0 Å². The van der Waals surface area contributed by atoms with Crippen molar-refractivity contribution in [1.29, 1.82) is 0 Å². The molecule has 0 amide bonds. The molecule has 5 nitrogen and oxygen atoms in total. The Bertz CT molecular complexity index is 863. The topological polar surface area (TPSA) is 65.0 Å². The molecule has 0 fully saturated rings. The fourth-order valence-electron chi connectivity index (χ4n) is 2.20. The maximum Gasteiger partial charge on any atom is 0.416 e. The van der Waals surface area contributed by atoms with Crippen LogP contribution < -0.4 is 9.47 Å². The lowest BCUT2D eigenvalue weighted by Gasteiger charge is -2.17. The number of halogens is 4. The number of benzene rings is 2. The first-order chi connectivity index (χ1) is 13.1. The zero-order chi connectivity index (χ0) is 20.9. The highest BCUT2D eigenvalue weighted by Crippen LogP contribution is 2.36. The van der Waals surface area contributed by atoms with Crippen molar-refractivity contribution in [2.24, 2.45) is 0 Å². The first-order valence-electron chi connectivity index (χ1n) is 7.90. The van der Waals surface area contributed by atoms with Gasteiger partial charge < -0.3 is 19.3 Å². The van der Waals surface area contributed by atoms with E-state index in [-0.39, 0.29) is 16.5 Å². The summed E-state index contributed by atoms with van der Waals surface area (Å²) in [7, 11) is 1.33. The maximum absolute atomic E-state index is 12.7. The van der Waals surface area contributed by atoms with Crippen LogP contribution in [0.15, 0.2) is 54.3 Å². The van der Waals surface area contributed by atoms with Crippen LogP contribution in [0.3, 0.4) is 0 Å². The van der Waals surface area contributed by atoms with Crippen LogP contribution in [0, 0.1) is 0 Å². The van der Waals surface area contributed by atoms with Crippen molar-refractivity contribution in [2.45, 2.75) is 19.2 Å². The van der Waals surface area contributed by atoms with E-state index in [0.717, 1.165) is 24.3 Å². The average Bonchev–Trinajstić information content (AvgIpc) is 2.61. The van der Waals surface area contributed by atoms with E-state index in [0.29, 0.717) is 11.5 Å². The van der Waals surface area contributed by atoms with Crippen LogP contribution in [0.2, 0.25) is 5.02 Å². The number of aliphatic carboxylic acids is 1. The molecule has 1 unspecified atom stereocenters. The molecule has 2 aromatic carbocycles. The van der Waals surface area contributed by atoms with Gasteiger partial charge in [-0.2, -0.15) is 13.2 Å². The van der Waals surface area contributed by atoms with Crippen molar-refractivity contribution in [2.75, 3.05) is 7.11 Å². The minimum absolute atomic E-state index is 0.0720. The van der Waals surface area contributed by atoms with Crippen LogP contribution in [0.1, 0.15) is 12.5 Å². The lowest BCUT2D eigenvalue weighted by Crippen LogP contribution is -2.17.